The Bertz CT molecular complexity index is 1030. The lowest BCUT2D eigenvalue weighted by Crippen LogP contribution is -2.33. The molecule has 0 radical (unpaired) electrons. The Balaban J connectivity index is 1.51. The third-order valence-electron chi connectivity index (χ3n) is 5.60. The van der Waals surface area contributed by atoms with Gasteiger partial charge in [-0.05, 0) is 92.7 Å². The van der Waals surface area contributed by atoms with E-state index in [1.807, 2.05) is 24.3 Å². The third kappa shape index (κ3) is 5.61. The number of amides is 1. The lowest BCUT2D eigenvalue weighted by Gasteiger charge is -2.26. The lowest BCUT2D eigenvalue weighted by molar-refractivity contribution is 0.0999. The molecule has 5 nitrogen and oxygen atoms in total. The fourth-order valence-electron chi connectivity index (χ4n) is 3.90. The highest BCUT2D eigenvalue weighted by Gasteiger charge is 2.20. The van der Waals surface area contributed by atoms with E-state index in [-0.39, 0.29) is 11.7 Å². The average molecular weight is 451 g/mol. The number of benzene rings is 3. The summed E-state index contributed by atoms with van der Waals surface area (Å²) in [5.41, 5.74) is 1.82. The number of aromatic hydroxyl groups is 1. The highest BCUT2D eigenvalue weighted by molar-refractivity contribution is 6.31. The summed E-state index contributed by atoms with van der Waals surface area (Å²) < 4.78 is 5.93. The molecule has 4 rings (SSSR count). The number of halogens is 1. The minimum Gasteiger partial charge on any atom is -0.508 e. The fourth-order valence-corrected chi connectivity index (χ4v) is 4.09. The third-order valence-corrected chi connectivity index (χ3v) is 5.84. The highest BCUT2D eigenvalue weighted by atomic mass is 35.5. The van der Waals surface area contributed by atoms with E-state index in [0.29, 0.717) is 28.6 Å². The number of likely N-dealkylation sites (tertiary alicyclic amines) is 1. The number of phenolic OH excluding ortho intramolecular Hbond substituents is 1. The van der Waals surface area contributed by atoms with Crippen LogP contribution in [0.3, 0.4) is 0 Å². The van der Waals surface area contributed by atoms with E-state index in [1.165, 1.54) is 19.3 Å². The predicted molar refractivity (Wildman–Crippen MR) is 128 cm³/mol. The van der Waals surface area contributed by atoms with Gasteiger partial charge in [0.1, 0.15) is 18.1 Å². The largest absolute Gasteiger partial charge is 0.508 e. The summed E-state index contributed by atoms with van der Waals surface area (Å²) in [6.07, 6.45) is 3.86. The van der Waals surface area contributed by atoms with Gasteiger partial charge in [-0.25, -0.2) is 0 Å². The van der Waals surface area contributed by atoms with Gasteiger partial charge in [-0.15, -0.1) is 0 Å². The van der Waals surface area contributed by atoms with Crippen molar-refractivity contribution in [1.82, 2.24) is 4.90 Å². The SMILES string of the molecule is O=C(c1cccc(Cl)c1)N(c1ccc(O)cc1)c1ccc(OCCN2CCCCC2)cc1. The fraction of sp³-hybridized carbons (Fsp3) is 0.269. The molecular weight excluding hydrogens is 424 g/mol. The summed E-state index contributed by atoms with van der Waals surface area (Å²) in [6, 6.07) is 20.9. The number of carbonyl (C=O) groups excluding carboxylic acids is 1. The van der Waals surface area contributed by atoms with Crippen molar-refractivity contribution in [2.24, 2.45) is 0 Å². The maximum Gasteiger partial charge on any atom is 0.262 e. The van der Waals surface area contributed by atoms with Crippen molar-refractivity contribution in [3.05, 3.63) is 83.4 Å². The predicted octanol–water partition coefficient (Wildman–Crippen LogP) is 5.89. The Morgan fingerprint density at radius 2 is 1.59 bits per heavy atom. The first-order valence-electron chi connectivity index (χ1n) is 10.9. The van der Waals surface area contributed by atoms with E-state index in [4.69, 9.17) is 16.3 Å². The first-order chi connectivity index (χ1) is 15.6. The van der Waals surface area contributed by atoms with Crippen molar-refractivity contribution < 1.29 is 14.6 Å². The van der Waals surface area contributed by atoms with E-state index >= 15 is 0 Å². The van der Waals surface area contributed by atoms with Crippen molar-refractivity contribution in [2.45, 2.75) is 19.3 Å². The van der Waals surface area contributed by atoms with Gasteiger partial charge in [-0.3, -0.25) is 14.6 Å². The molecule has 1 aliphatic heterocycles. The molecule has 0 atom stereocenters. The first-order valence-corrected chi connectivity index (χ1v) is 11.3. The zero-order valence-electron chi connectivity index (χ0n) is 17.9. The van der Waals surface area contributed by atoms with Crippen LogP contribution >= 0.6 is 11.6 Å². The number of hydrogen-bond donors (Lipinski definition) is 1. The molecule has 0 spiro atoms. The molecule has 0 unspecified atom stereocenters. The van der Waals surface area contributed by atoms with Crippen LogP contribution in [0.4, 0.5) is 11.4 Å². The molecule has 3 aromatic rings. The molecule has 1 fully saturated rings. The van der Waals surface area contributed by atoms with Crippen molar-refractivity contribution in [2.75, 3.05) is 31.1 Å². The summed E-state index contributed by atoms with van der Waals surface area (Å²) in [6.45, 7) is 3.86. The van der Waals surface area contributed by atoms with Gasteiger partial charge in [0.05, 0.1) is 0 Å². The Labute approximate surface area is 193 Å². The number of carbonyl (C=O) groups is 1. The maximum absolute atomic E-state index is 13.4. The number of rotatable bonds is 7. The van der Waals surface area contributed by atoms with E-state index in [9.17, 15) is 9.90 Å². The number of piperidine rings is 1. The van der Waals surface area contributed by atoms with Crippen LogP contribution in [0.1, 0.15) is 29.6 Å². The molecular formula is C26H27ClN2O3. The first kappa shape index (κ1) is 22.2. The van der Waals surface area contributed by atoms with Crippen molar-refractivity contribution in [1.29, 1.82) is 0 Å². The summed E-state index contributed by atoms with van der Waals surface area (Å²) in [5.74, 6) is 0.699. The standard InChI is InChI=1S/C26H27ClN2O3/c27-21-6-4-5-20(19-21)26(31)29(22-7-11-24(30)12-8-22)23-9-13-25(14-10-23)32-18-17-28-15-2-1-3-16-28/h4-14,19,30H,1-3,15-18H2. The lowest BCUT2D eigenvalue weighted by atomic mass is 10.1. The summed E-state index contributed by atoms with van der Waals surface area (Å²) >= 11 is 6.11. The van der Waals surface area contributed by atoms with Crippen molar-refractivity contribution in [3.8, 4) is 11.5 Å². The van der Waals surface area contributed by atoms with Gasteiger partial charge < -0.3 is 9.84 Å². The van der Waals surface area contributed by atoms with Crippen LogP contribution < -0.4 is 9.64 Å². The molecule has 6 heteroatoms. The smallest absolute Gasteiger partial charge is 0.262 e. The van der Waals surface area contributed by atoms with Crippen LogP contribution in [0.25, 0.3) is 0 Å². The Morgan fingerprint density at radius 1 is 0.938 bits per heavy atom. The summed E-state index contributed by atoms with van der Waals surface area (Å²) in [4.78, 5) is 17.4. The van der Waals surface area contributed by atoms with E-state index in [1.54, 1.807) is 53.4 Å². The summed E-state index contributed by atoms with van der Waals surface area (Å²) in [7, 11) is 0. The van der Waals surface area contributed by atoms with Gasteiger partial charge in [0.25, 0.3) is 5.91 Å². The quantitative estimate of drug-likeness (QED) is 0.487. The second kappa shape index (κ2) is 10.5. The number of ether oxygens (including phenoxy) is 1. The Kier molecular flexibility index (Phi) is 7.30. The monoisotopic (exact) mass is 450 g/mol. The molecule has 1 saturated heterocycles. The average Bonchev–Trinajstić information content (AvgIpc) is 2.82. The van der Waals surface area contributed by atoms with Gasteiger partial charge >= 0.3 is 0 Å². The number of phenols is 1. The second-order valence-corrected chi connectivity index (χ2v) is 8.35. The topological polar surface area (TPSA) is 53.0 Å². The van der Waals surface area contributed by atoms with Gasteiger partial charge in [-0.2, -0.15) is 0 Å². The van der Waals surface area contributed by atoms with Crippen LogP contribution in [-0.4, -0.2) is 42.2 Å². The zero-order chi connectivity index (χ0) is 22.3. The normalized spacial score (nSPS) is 14.2. The van der Waals surface area contributed by atoms with E-state index in [2.05, 4.69) is 4.90 Å². The molecule has 32 heavy (non-hydrogen) atoms. The van der Waals surface area contributed by atoms with Gasteiger partial charge in [-0.1, -0.05) is 24.1 Å². The molecule has 1 N–H and O–H groups in total. The molecule has 0 aliphatic carbocycles. The van der Waals surface area contributed by atoms with E-state index in [0.717, 1.165) is 25.4 Å². The Hall–Kier alpha value is -3.02. The number of nitrogens with zero attached hydrogens (tertiary/aromatic N) is 2. The number of anilines is 2. The second-order valence-electron chi connectivity index (χ2n) is 7.91. The van der Waals surface area contributed by atoms with Crippen molar-refractivity contribution >= 4 is 28.9 Å². The maximum atomic E-state index is 13.4. The summed E-state index contributed by atoms with van der Waals surface area (Å²) in [5, 5.41) is 10.2. The Morgan fingerprint density at radius 3 is 2.25 bits per heavy atom. The molecule has 1 amide bonds. The van der Waals surface area contributed by atoms with Crippen LogP contribution in [0.15, 0.2) is 72.8 Å². The van der Waals surface area contributed by atoms with E-state index < -0.39 is 0 Å². The van der Waals surface area contributed by atoms with Gasteiger partial charge in [0.15, 0.2) is 0 Å². The van der Waals surface area contributed by atoms with Crippen LogP contribution in [0.5, 0.6) is 11.5 Å². The van der Waals surface area contributed by atoms with Crippen LogP contribution in [-0.2, 0) is 0 Å². The molecule has 1 heterocycles. The number of hydrogen-bond acceptors (Lipinski definition) is 4. The zero-order valence-corrected chi connectivity index (χ0v) is 18.7. The molecule has 166 valence electrons. The minimum atomic E-state index is -0.211. The molecule has 0 aromatic heterocycles. The molecule has 1 aliphatic rings. The van der Waals surface area contributed by atoms with Crippen LogP contribution in [0.2, 0.25) is 5.02 Å². The van der Waals surface area contributed by atoms with Gasteiger partial charge in [0.2, 0.25) is 0 Å². The molecule has 0 bridgehead atoms. The van der Waals surface area contributed by atoms with Crippen LogP contribution in [0, 0.1) is 0 Å². The molecule has 0 saturated carbocycles. The van der Waals surface area contributed by atoms with Crippen molar-refractivity contribution in [3.63, 3.8) is 0 Å². The van der Waals surface area contributed by atoms with Gasteiger partial charge in [0, 0.05) is 28.5 Å². The highest BCUT2D eigenvalue weighted by Crippen LogP contribution is 2.31. The molecule has 3 aromatic carbocycles. The minimum absolute atomic E-state index is 0.140.